The van der Waals surface area contributed by atoms with Gasteiger partial charge in [0.1, 0.15) is 11.5 Å². The maximum Gasteiger partial charge on any atom is 2.00 e. The predicted molar refractivity (Wildman–Crippen MR) is 125 cm³/mol. The van der Waals surface area contributed by atoms with Crippen LogP contribution in [-0.2, 0) is 48.9 Å². The third kappa shape index (κ3) is 10.4. The summed E-state index contributed by atoms with van der Waals surface area (Å²) in [6.07, 6.45) is -2.16. The summed E-state index contributed by atoms with van der Waals surface area (Å²) in [6.45, 7) is 5.51. The molecule has 1 aromatic rings. The van der Waals surface area contributed by atoms with Crippen LogP contribution in [0.4, 0.5) is 13.2 Å². The topological polar surface area (TPSA) is 89.9 Å². The Morgan fingerprint density at radius 2 is 1.85 bits per heavy atom. The summed E-state index contributed by atoms with van der Waals surface area (Å²) in [6, 6.07) is 3.37. The fourth-order valence-corrected chi connectivity index (χ4v) is 3.41. The van der Waals surface area contributed by atoms with E-state index >= 15 is 0 Å². The van der Waals surface area contributed by atoms with Crippen molar-refractivity contribution >= 4 is 47.5 Å². The van der Waals surface area contributed by atoms with Gasteiger partial charge in [-0.3, -0.25) is 25.7 Å². The molecule has 2 N–H and O–H groups in total. The fraction of sp³-hybridized carbons (Fsp3) is 0.579. The number of nitrogens with one attached hydrogen (secondary N) is 2. The minimum absolute atomic E-state index is 0. The van der Waals surface area contributed by atoms with Gasteiger partial charge in [0, 0.05) is 19.6 Å². The van der Waals surface area contributed by atoms with Gasteiger partial charge >= 0.3 is 23.2 Å². The number of aliphatic imine (C=N–C) groups is 2. The predicted octanol–water partition coefficient (Wildman–Crippen LogP) is 2.77. The van der Waals surface area contributed by atoms with Crippen LogP contribution in [-0.4, -0.2) is 59.5 Å². The second-order valence-electron chi connectivity index (χ2n) is 6.92. The summed E-state index contributed by atoms with van der Waals surface area (Å²) in [4.78, 5) is 9.76. The molecule has 14 heteroatoms. The van der Waals surface area contributed by atoms with Crippen molar-refractivity contribution in [2.24, 2.45) is 26.1 Å². The number of alkyl halides is 3. The average Bonchev–Trinajstić information content (AvgIpc) is 3.18. The van der Waals surface area contributed by atoms with E-state index in [1.807, 2.05) is 13.8 Å². The zero-order valence-electron chi connectivity index (χ0n) is 18.2. The summed E-state index contributed by atoms with van der Waals surface area (Å²) >= 11 is 10.1. The molecule has 1 fully saturated rings. The molecule has 0 spiro atoms. The molecule has 1 radical (unpaired) electrons. The first-order valence-corrected chi connectivity index (χ1v) is 11.0. The number of likely N-dealkylation sites (tertiary alicyclic amines) is 1. The minimum Gasteiger partial charge on any atom is -0.741 e. The first-order chi connectivity index (χ1) is 15.2. The molecule has 1 aromatic heterocycles. The number of rotatable bonds is 8. The Labute approximate surface area is 212 Å². The molecule has 187 valence electrons. The smallest absolute Gasteiger partial charge is 0.741 e. The van der Waals surface area contributed by atoms with Gasteiger partial charge in [0.05, 0.1) is 18.7 Å². The molecular weight excluding hydrogens is 527 g/mol. The molecular formula is C19H26CuF3N7OS2. The summed E-state index contributed by atoms with van der Waals surface area (Å²) in [5.41, 5.74) is 5.54. The molecule has 8 nitrogen and oxygen atoms in total. The zero-order valence-corrected chi connectivity index (χ0v) is 20.7. The van der Waals surface area contributed by atoms with Crippen molar-refractivity contribution in [3.05, 3.63) is 23.7 Å². The van der Waals surface area contributed by atoms with Gasteiger partial charge in [-0.15, -0.1) is 0 Å². The number of piperidine rings is 1. The molecule has 1 unspecified atom stereocenters. The second-order valence-corrected chi connectivity index (χ2v) is 7.69. The van der Waals surface area contributed by atoms with Gasteiger partial charge in [0.2, 0.25) is 0 Å². The van der Waals surface area contributed by atoms with Gasteiger partial charge < -0.3 is 29.7 Å². The third-order valence-corrected chi connectivity index (χ3v) is 4.93. The maximum atomic E-state index is 13.1. The zero-order chi connectivity index (χ0) is 23.6. The molecule has 2 heterocycles. The number of hydrogen-bond acceptors (Lipinski definition) is 8. The number of nitrogens with zero attached hydrogens (tertiary/aromatic N) is 5. The molecule has 0 bridgehead atoms. The molecule has 33 heavy (non-hydrogen) atoms. The SMILES string of the molecule is CCN=C([S-])N/N=C(/C=N/NC([S-])=NCC)c1ccc(CN2CCCC(C(F)(F)F)C2)o1.[Cu+2]. The van der Waals surface area contributed by atoms with Gasteiger partial charge in [0.25, 0.3) is 0 Å². The van der Waals surface area contributed by atoms with Crippen LogP contribution < -0.4 is 10.9 Å². The number of furan rings is 1. The molecule has 1 saturated heterocycles. The normalized spacial score (nSPS) is 18.9. The van der Waals surface area contributed by atoms with Crippen molar-refractivity contribution in [2.75, 3.05) is 26.2 Å². The summed E-state index contributed by atoms with van der Waals surface area (Å²) < 4.78 is 45.0. The van der Waals surface area contributed by atoms with Crippen molar-refractivity contribution < 1.29 is 34.7 Å². The first kappa shape index (κ1) is 29.3. The van der Waals surface area contributed by atoms with Crippen LogP contribution in [0.15, 0.2) is 36.7 Å². The van der Waals surface area contributed by atoms with Gasteiger partial charge in [-0.05, 0) is 55.7 Å². The molecule has 1 aliphatic heterocycles. The van der Waals surface area contributed by atoms with Crippen LogP contribution in [0.5, 0.6) is 0 Å². The number of halogens is 3. The summed E-state index contributed by atoms with van der Waals surface area (Å²) in [7, 11) is 0. The fourth-order valence-electron chi connectivity index (χ4n) is 3.05. The van der Waals surface area contributed by atoms with E-state index in [1.165, 1.54) is 6.21 Å². The minimum atomic E-state index is -4.19. The van der Waals surface area contributed by atoms with Gasteiger partial charge in [-0.1, -0.05) is 0 Å². The Morgan fingerprint density at radius 1 is 1.18 bits per heavy atom. The molecule has 0 aromatic carbocycles. The Hall–Kier alpha value is -1.73. The van der Waals surface area contributed by atoms with Crippen LogP contribution >= 0.6 is 0 Å². The van der Waals surface area contributed by atoms with Crippen LogP contribution in [0.3, 0.4) is 0 Å². The van der Waals surface area contributed by atoms with Crippen molar-refractivity contribution in [3.63, 3.8) is 0 Å². The third-order valence-electron chi connectivity index (χ3n) is 4.48. The van der Waals surface area contributed by atoms with E-state index in [2.05, 4.69) is 31.0 Å². The molecule has 0 aliphatic carbocycles. The van der Waals surface area contributed by atoms with E-state index in [-0.39, 0.29) is 46.9 Å². The van der Waals surface area contributed by atoms with E-state index in [9.17, 15) is 13.2 Å². The van der Waals surface area contributed by atoms with Crippen molar-refractivity contribution in [1.82, 2.24) is 15.8 Å². The van der Waals surface area contributed by atoms with E-state index in [1.54, 1.807) is 17.0 Å². The van der Waals surface area contributed by atoms with Crippen molar-refractivity contribution in [1.29, 1.82) is 0 Å². The van der Waals surface area contributed by atoms with Gasteiger partial charge in [-0.2, -0.15) is 23.4 Å². The van der Waals surface area contributed by atoms with E-state index in [0.717, 1.165) is 0 Å². The first-order valence-electron chi connectivity index (χ1n) is 10.2. The Kier molecular flexibility index (Phi) is 12.9. The van der Waals surface area contributed by atoms with Crippen LogP contribution in [0.1, 0.15) is 38.2 Å². The van der Waals surface area contributed by atoms with Crippen LogP contribution in [0.2, 0.25) is 0 Å². The van der Waals surface area contributed by atoms with Crippen molar-refractivity contribution in [2.45, 2.75) is 39.4 Å². The summed E-state index contributed by atoms with van der Waals surface area (Å²) in [5.74, 6) is -0.430. The molecule has 0 amide bonds. The molecule has 1 aliphatic rings. The van der Waals surface area contributed by atoms with E-state index < -0.39 is 12.1 Å². The van der Waals surface area contributed by atoms with E-state index in [0.29, 0.717) is 43.3 Å². The van der Waals surface area contributed by atoms with Crippen molar-refractivity contribution in [3.8, 4) is 0 Å². The van der Waals surface area contributed by atoms with Crippen LogP contribution in [0, 0.1) is 5.92 Å². The van der Waals surface area contributed by atoms with Gasteiger partial charge in [0.15, 0.2) is 5.76 Å². The Balaban J connectivity index is 0.00000544. The number of amidine groups is 2. The largest absolute Gasteiger partial charge is 2.00 e. The second kappa shape index (κ2) is 14.5. The number of hydrazone groups is 2. The maximum absolute atomic E-state index is 13.1. The number of hydrogen-bond donors (Lipinski definition) is 2. The Morgan fingerprint density at radius 3 is 2.48 bits per heavy atom. The molecule has 0 saturated carbocycles. The quantitative estimate of drug-likeness (QED) is 0.169. The van der Waals surface area contributed by atoms with Crippen LogP contribution in [0.25, 0.3) is 0 Å². The molecule has 2 rings (SSSR count). The van der Waals surface area contributed by atoms with Gasteiger partial charge in [-0.25, -0.2) is 0 Å². The standard InChI is InChI=1S/C19H28F3N7OS2.Cu/c1-3-23-17(31)27-25-10-15(26-28-18(32)24-4-2)16-8-7-14(30-16)12-29-9-5-6-13(11-29)19(20,21)22;/h7-8,10,13H,3-6,9,11-12H2,1-2H3,(H2,23,27,31)(H2,24,28,32);/q;+2/p-2/b25-10+,26-15-;. The molecule has 1 atom stereocenters. The Bertz CT molecular complexity index is 859. The summed E-state index contributed by atoms with van der Waals surface area (Å²) in [5, 5.41) is 8.59. The average molecular weight is 553 g/mol. The monoisotopic (exact) mass is 552 g/mol. The van der Waals surface area contributed by atoms with E-state index in [4.69, 9.17) is 29.7 Å².